The molecule has 0 aliphatic heterocycles. The zero-order valence-electron chi connectivity index (χ0n) is 10.9. The summed E-state index contributed by atoms with van der Waals surface area (Å²) >= 11 is 11.9. The molecule has 0 spiro atoms. The maximum absolute atomic E-state index is 6.02. The molecule has 2 rings (SSSR count). The fourth-order valence-corrected chi connectivity index (χ4v) is 2.35. The Bertz CT molecular complexity index is 552. The average molecular weight is 294 g/mol. The highest BCUT2D eigenvalue weighted by atomic mass is 35.5. The second kappa shape index (κ2) is 6.83. The molecule has 19 heavy (non-hydrogen) atoms. The van der Waals surface area contributed by atoms with Crippen molar-refractivity contribution in [3.05, 3.63) is 63.6 Å². The van der Waals surface area contributed by atoms with Crippen LogP contribution in [0.1, 0.15) is 24.5 Å². The molecule has 2 aromatic carbocycles. The first-order valence-corrected chi connectivity index (χ1v) is 7.22. The number of aryl methyl sites for hydroxylation is 1. The van der Waals surface area contributed by atoms with E-state index in [9.17, 15) is 0 Å². The lowest BCUT2D eigenvalue weighted by Crippen LogP contribution is -2.02. The maximum Gasteiger partial charge on any atom is 0.0595 e. The Morgan fingerprint density at radius 2 is 1.79 bits per heavy atom. The van der Waals surface area contributed by atoms with Crippen LogP contribution < -0.4 is 5.32 Å². The molecule has 0 aromatic heterocycles. The molecule has 0 saturated carbocycles. The molecule has 0 saturated heterocycles. The molecule has 0 radical (unpaired) electrons. The minimum absolute atomic E-state index is 0.594. The number of halogens is 2. The molecule has 100 valence electrons. The zero-order valence-corrected chi connectivity index (χ0v) is 12.4. The van der Waals surface area contributed by atoms with Gasteiger partial charge in [-0.25, -0.2) is 0 Å². The van der Waals surface area contributed by atoms with Crippen LogP contribution in [0, 0.1) is 0 Å². The second-order valence-corrected chi connectivity index (χ2v) is 5.32. The van der Waals surface area contributed by atoms with Gasteiger partial charge in [0, 0.05) is 12.2 Å². The van der Waals surface area contributed by atoms with Gasteiger partial charge in [-0.2, -0.15) is 0 Å². The van der Waals surface area contributed by atoms with Crippen LogP contribution in [0.2, 0.25) is 10.0 Å². The van der Waals surface area contributed by atoms with Crippen molar-refractivity contribution in [2.45, 2.75) is 26.3 Å². The molecular weight excluding hydrogens is 277 g/mol. The number of para-hydroxylation sites is 1. The third-order valence-electron chi connectivity index (χ3n) is 3.00. The summed E-state index contributed by atoms with van der Waals surface area (Å²) < 4.78 is 0. The quantitative estimate of drug-likeness (QED) is 0.761. The summed E-state index contributed by atoms with van der Waals surface area (Å²) in [6.45, 7) is 2.94. The first-order chi connectivity index (χ1) is 9.20. The van der Waals surface area contributed by atoms with Gasteiger partial charge in [0.15, 0.2) is 0 Å². The number of hydrogen-bond donors (Lipinski definition) is 1. The van der Waals surface area contributed by atoms with Gasteiger partial charge >= 0.3 is 0 Å². The fourth-order valence-electron chi connectivity index (χ4n) is 2.03. The van der Waals surface area contributed by atoms with Gasteiger partial charge in [-0.1, -0.05) is 60.8 Å². The van der Waals surface area contributed by atoms with Gasteiger partial charge in [0.1, 0.15) is 0 Å². The van der Waals surface area contributed by atoms with Crippen molar-refractivity contribution in [2.24, 2.45) is 0 Å². The van der Waals surface area contributed by atoms with Gasteiger partial charge in [-0.05, 0) is 35.7 Å². The summed E-state index contributed by atoms with van der Waals surface area (Å²) in [5.74, 6) is 0. The summed E-state index contributed by atoms with van der Waals surface area (Å²) in [7, 11) is 0. The van der Waals surface area contributed by atoms with E-state index < -0.39 is 0 Å². The smallest absolute Gasteiger partial charge is 0.0595 e. The Hall–Kier alpha value is -1.18. The highest BCUT2D eigenvalue weighted by molar-refractivity contribution is 6.42. The molecule has 1 N–H and O–H groups in total. The third kappa shape index (κ3) is 3.89. The van der Waals surface area contributed by atoms with Crippen molar-refractivity contribution in [1.82, 2.24) is 0 Å². The lowest BCUT2D eigenvalue weighted by atomic mass is 10.1. The van der Waals surface area contributed by atoms with Gasteiger partial charge < -0.3 is 5.32 Å². The Morgan fingerprint density at radius 1 is 1.00 bits per heavy atom. The Labute approximate surface area is 124 Å². The van der Waals surface area contributed by atoms with Crippen LogP contribution in [0.5, 0.6) is 0 Å². The molecule has 0 aliphatic carbocycles. The van der Waals surface area contributed by atoms with E-state index in [1.54, 1.807) is 0 Å². The molecule has 0 bridgehead atoms. The summed E-state index contributed by atoms with van der Waals surface area (Å²) in [6, 6.07) is 14.1. The van der Waals surface area contributed by atoms with Crippen LogP contribution >= 0.6 is 23.2 Å². The van der Waals surface area contributed by atoms with Crippen LogP contribution in [-0.2, 0) is 13.0 Å². The predicted octanol–water partition coefficient (Wildman–Crippen LogP) is 5.56. The first-order valence-electron chi connectivity index (χ1n) is 6.46. The standard InChI is InChI=1S/C16H17Cl2N/c1-2-5-13-6-3-4-7-16(13)19-11-12-8-9-14(17)15(18)10-12/h3-4,6-10,19H,2,5,11H2,1H3. The minimum Gasteiger partial charge on any atom is -0.381 e. The van der Waals surface area contributed by atoms with Gasteiger partial charge in [0.2, 0.25) is 0 Å². The largest absolute Gasteiger partial charge is 0.381 e. The Morgan fingerprint density at radius 3 is 2.53 bits per heavy atom. The van der Waals surface area contributed by atoms with Crippen molar-refractivity contribution in [2.75, 3.05) is 5.32 Å². The molecule has 0 aliphatic rings. The predicted molar refractivity (Wildman–Crippen MR) is 84.2 cm³/mol. The van der Waals surface area contributed by atoms with Crippen LogP contribution in [0.3, 0.4) is 0 Å². The Balaban J connectivity index is 2.07. The van der Waals surface area contributed by atoms with E-state index in [4.69, 9.17) is 23.2 Å². The average Bonchev–Trinajstić information content (AvgIpc) is 2.42. The van der Waals surface area contributed by atoms with Gasteiger partial charge in [0.05, 0.1) is 10.0 Å². The van der Waals surface area contributed by atoms with E-state index in [1.165, 1.54) is 11.3 Å². The van der Waals surface area contributed by atoms with Gasteiger partial charge in [-0.15, -0.1) is 0 Å². The molecule has 3 heteroatoms. The van der Waals surface area contributed by atoms with Crippen LogP contribution in [0.25, 0.3) is 0 Å². The maximum atomic E-state index is 6.02. The number of anilines is 1. The van der Waals surface area contributed by atoms with E-state index in [0.717, 1.165) is 24.9 Å². The summed E-state index contributed by atoms with van der Waals surface area (Å²) in [5, 5.41) is 4.65. The molecule has 0 atom stereocenters. The van der Waals surface area contributed by atoms with E-state index in [0.29, 0.717) is 10.0 Å². The van der Waals surface area contributed by atoms with Crippen molar-refractivity contribution in [3.63, 3.8) is 0 Å². The highest BCUT2D eigenvalue weighted by Crippen LogP contribution is 2.23. The highest BCUT2D eigenvalue weighted by Gasteiger charge is 2.02. The van der Waals surface area contributed by atoms with E-state index in [-0.39, 0.29) is 0 Å². The molecule has 0 unspecified atom stereocenters. The number of hydrogen-bond acceptors (Lipinski definition) is 1. The topological polar surface area (TPSA) is 12.0 Å². The van der Waals surface area contributed by atoms with Gasteiger partial charge in [-0.3, -0.25) is 0 Å². The zero-order chi connectivity index (χ0) is 13.7. The summed E-state index contributed by atoms with van der Waals surface area (Å²) in [4.78, 5) is 0. The molecule has 2 aromatic rings. The molecular formula is C16H17Cl2N. The Kier molecular flexibility index (Phi) is 5.12. The molecule has 1 nitrogen and oxygen atoms in total. The fraction of sp³-hybridized carbons (Fsp3) is 0.250. The lowest BCUT2D eigenvalue weighted by molar-refractivity contribution is 0.919. The second-order valence-electron chi connectivity index (χ2n) is 4.51. The summed E-state index contributed by atoms with van der Waals surface area (Å²) in [5.41, 5.74) is 3.67. The number of benzene rings is 2. The van der Waals surface area contributed by atoms with Crippen LogP contribution in [0.4, 0.5) is 5.69 Å². The van der Waals surface area contributed by atoms with Crippen molar-refractivity contribution >= 4 is 28.9 Å². The SMILES string of the molecule is CCCc1ccccc1NCc1ccc(Cl)c(Cl)c1. The summed E-state index contributed by atoms with van der Waals surface area (Å²) in [6.07, 6.45) is 2.23. The van der Waals surface area contributed by atoms with E-state index in [1.807, 2.05) is 18.2 Å². The molecule has 0 amide bonds. The minimum atomic E-state index is 0.594. The lowest BCUT2D eigenvalue weighted by Gasteiger charge is -2.12. The van der Waals surface area contributed by atoms with Crippen molar-refractivity contribution in [1.29, 1.82) is 0 Å². The molecule has 0 fully saturated rings. The molecule has 0 heterocycles. The van der Waals surface area contributed by atoms with E-state index >= 15 is 0 Å². The van der Waals surface area contributed by atoms with Crippen LogP contribution in [0.15, 0.2) is 42.5 Å². The number of nitrogens with one attached hydrogen (secondary N) is 1. The third-order valence-corrected chi connectivity index (χ3v) is 3.74. The first kappa shape index (κ1) is 14.2. The van der Waals surface area contributed by atoms with E-state index in [2.05, 4.69) is 36.5 Å². The number of rotatable bonds is 5. The van der Waals surface area contributed by atoms with Crippen molar-refractivity contribution < 1.29 is 0 Å². The van der Waals surface area contributed by atoms with Gasteiger partial charge in [0.25, 0.3) is 0 Å². The monoisotopic (exact) mass is 293 g/mol. The van der Waals surface area contributed by atoms with Crippen molar-refractivity contribution in [3.8, 4) is 0 Å². The normalized spacial score (nSPS) is 10.5. The van der Waals surface area contributed by atoms with Crippen LogP contribution in [-0.4, -0.2) is 0 Å².